The largest absolute Gasteiger partial charge is 0.497 e. The van der Waals surface area contributed by atoms with Crippen LogP contribution in [-0.4, -0.2) is 55.5 Å². The highest BCUT2D eigenvalue weighted by molar-refractivity contribution is 6.00. The van der Waals surface area contributed by atoms with Crippen molar-refractivity contribution < 1.29 is 19.1 Å². The van der Waals surface area contributed by atoms with Crippen LogP contribution in [0.2, 0.25) is 0 Å². The molecule has 2 atom stereocenters. The lowest BCUT2D eigenvalue weighted by Crippen LogP contribution is -2.57. The number of nitrogens with zero attached hydrogens (tertiary/aromatic N) is 1. The molecule has 2 N–H and O–H groups in total. The Kier molecular flexibility index (Phi) is 4.93. The summed E-state index contributed by atoms with van der Waals surface area (Å²) in [5.41, 5.74) is 5.97. The summed E-state index contributed by atoms with van der Waals surface area (Å²) in [5.74, 6) is 0.176. The van der Waals surface area contributed by atoms with Gasteiger partial charge in [-0.3, -0.25) is 14.5 Å². The minimum atomic E-state index is -0.559. The molecular weight excluding hydrogens is 272 g/mol. The number of primary amides is 1. The molecule has 1 aromatic rings. The molecule has 0 bridgehead atoms. The molecule has 0 aromatic heterocycles. The number of benzene rings is 1. The highest BCUT2D eigenvalue weighted by Gasteiger charge is 2.34. The van der Waals surface area contributed by atoms with E-state index in [-0.39, 0.29) is 12.4 Å². The second-order valence-electron chi connectivity index (χ2n) is 5.00. The topological polar surface area (TPSA) is 81.9 Å². The lowest BCUT2D eigenvalue weighted by Gasteiger charge is -2.37. The number of morpholine rings is 1. The molecule has 1 amide bonds. The predicted molar refractivity (Wildman–Crippen MR) is 77.3 cm³/mol. The highest BCUT2D eigenvalue weighted by Crippen LogP contribution is 2.17. The van der Waals surface area contributed by atoms with E-state index >= 15 is 0 Å². The average Bonchev–Trinajstić information content (AvgIpc) is 2.53. The van der Waals surface area contributed by atoms with E-state index in [0.29, 0.717) is 24.5 Å². The molecular formula is C15H20N2O4. The molecule has 2 unspecified atom stereocenters. The summed E-state index contributed by atoms with van der Waals surface area (Å²) >= 11 is 0. The van der Waals surface area contributed by atoms with Crippen molar-refractivity contribution in [3.63, 3.8) is 0 Å². The first-order valence-electron chi connectivity index (χ1n) is 6.85. The van der Waals surface area contributed by atoms with Crippen LogP contribution in [-0.2, 0) is 9.53 Å². The molecule has 1 heterocycles. The molecule has 21 heavy (non-hydrogen) atoms. The third-order valence-corrected chi connectivity index (χ3v) is 3.75. The average molecular weight is 292 g/mol. The molecule has 1 aliphatic rings. The van der Waals surface area contributed by atoms with Gasteiger partial charge in [0.05, 0.1) is 26.4 Å². The Morgan fingerprint density at radius 1 is 1.38 bits per heavy atom. The van der Waals surface area contributed by atoms with E-state index in [4.69, 9.17) is 15.2 Å². The molecule has 6 nitrogen and oxygen atoms in total. The van der Waals surface area contributed by atoms with Crippen LogP contribution in [0.5, 0.6) is 5.75 Å². The van der Waals surface area contributed by atoms with Crippen LogP contribution in [0, 0.1) is 0 Å². The molecule has 1 aliphatic heterocycles. The zero-order chi connectivity index (χ0) is 15.4. The van der Waals surface area contributed by atoms with E-state index in [1.165, 1.54) is 0 Å². The minimum Gasteiger partial charge on any atom is -0.497 e. The second-order valence-corrected chi connectivity index (χ2v) is 5.00. The predicted octanol–water partition coefficient (Wildman–Crippen LogP) is 0.453. The van der Waals surface area contributed by atoms with Gasteiger partial charge in [-0.1, -0.05) is 0 Å². The number of methoxy groups -OCH3 is 1. The SMILES string of the molecule is COc1ccc(C(=O)C(C)N2CCOCC2C(N)=O)cc1. The van der Waals surface area contributed by atoms with Crippen molar-refractivity contribution in [2.24, 2.45) is 5.73 Å². The monoisotopic (exact) mass is 292 g/mol. The Hall–Kier alpha value is -1.92. The Bertz CT molecular complexity index is 515. The van der Waals surface area contributed by atoms with Crippen molar-refractivity contribution in [2.75, 3.05) is 26.9 Å². The van der Waals surface area contributed by atoms with Crippen LogP contribution < -0.4 is 10.5 Å². The number of rotatable bonds is 5. The lowest BCUT2D eigenvalue weighted by atomic mass is 10.0. The number of nitrogens with two attached hydrogens (primary N) is 1. The number of Topliss-reactive ketones (excluding diaryl/α,β-unsaturated/α-hetero) is 1. The van der Waals surface area contributed by atoms with Gasteiger partial charge in [0.15, 0.2) is 5.78 Å². The first kappa shape index (κ1) is 15.5. The molecule has 1 fully saturated rings. The van der Waals surface area contributed by atoms with Crippen LogP contribution in [0.15, 0.2) is 24.3 Å². The summed E-state index contributed by atoms with van der Waals surface area (Å²) in [4.78, 5) is 25.8. The number of hydrogen-bond acceptors (Lipinski definition) is 5. The van der Waals surface area contributed by atoms with Crippen molar-refractivity contribution in [3.8, 4) is 5.75 Å². The Balaban J connectivity index is 2.14. The molecule has 114 valence electrons. The van der Waals surface area contributed by atoms with E-state index in [0.717, 1.165) is 0 Å². The van der Waals surface area contributed by atoms with Crippen molar-refractivity contribution >= 4 is 11.7 Å². The van der Waals surface area contributed by atoms with Gasteiger partial charge >= 0.3 is 0 Å². The fourth-order valence-electron chi connectivity index (χ4n) is 2.47. The van der Waals surface area contributed by atoms with E-state index < -0.39 is 18.0 Å². The zero-order valence-corrected chi connectivity index (χ0v) is 12.2. The third kappa shape index (κ3) is 3.40. The van der Waals surface area contributed by atoms with E-state index in [1.807, 2.05) is 0 Å². The minimum absolute atomic E-state index is 0.0502. The van der Waals surface area contributed by atoms with Crippen molar-refractivity contribution in [3.05, 3.63) is 29.8 Å². The Morgan fingerprint density at radius 2 is 2.05 bits per heavy atom. The van der Waals surface area contributed by atoms with E-state index in [1.54, 1.807) is 43.2 Å². The highest BCUT2D eigenvalue weighted by atomic mass is 16.5. The maximum atomic E-state index is 12.5. The molecule has 0 aliphatic carbocycles. The second kappa shape index (κ2) is 6.69. The van der Waals surface area contributed by atoms with E-state index in [9.17, 15) is 9.59 Å². The molecule has 0 radical (unpaired) electrons. The fourth-order valence-corrected chi connectivity index (χ4v) is 2.47. The zero-order valence-electron chi connectivity index (χ0n) is 12.2. The molecule has 2 rings (SSSR count). The van der Waals surface area contributed by atoms with Gasteiger partial charge in [0.2, 0.25) is 5.91 Å². The van der Waals surface area contributed by atoms with Crippen LogP contribution in [0.4, 0.5) is 0 Å². The number of ketones is 1. The van der Waals surface area contributed by atoms with E-state index in [2.05, 4.69) is 0 Å². The van der Waals surface area contributed by atoms with Crippen LogP contribution in [0.1, 0.15) is 17.3 Å². The molecule has 1 aromatic carbocycles. The Labute approximate surface area is 123 Å². The van der Waals surface area contributed by atoms with Crippen molar-refractivity contribution in [1.82, 2.24) is 4.90 Å². The maximum absolute atomic E-state index is 12.5. The number of ether oxygens (including phenoxy) is 2. The van der Waals surface area contributed by atoms with Gasteiger partial charge in [-0.2, -0.15) is 0 Å². The third-order valence-electron chi connectivity index (χ3n) is 3.75. The summed E-state index contributed by atoms with van der Waals surface area (Å²) in [7, 11) is 1.57. The summed E-state index contributed by atoms with van der Waals surface area (Å²) < 4.78 is 10.3. The molecule has 0 saturated carbocycles. The quantitative estimate of drug-likeness (QED) is 0.797. The van der Waals surface area contributed by atoms with Crippen LogP contribution >= 0.6 is 0 Å². The molecule has 1 saturated heterocycles. The van der Waals surface area contributed by atoms with Crippen LogP contribution in [0.25, 0.3) is 0 Å². The smallest absolute Gasteiger partial charge is 0.237 e. The first-order valence-corrected chi connectivity index (χ1v) is 6.85. The number of carbonyl (C=O) groups is 2. The summed E-state index contributed by atoms with van der Waals surface area (Å²) in [6.45, 7) is 3.02. The van der Waals surface area contributed by atoms with Gasteiger partial charge < -0.3 is 15.2 Å². The van der Waals surface area contributed by atoms with Gasteiger partial charge in [-0.05, 0) is 31.2 Å². The normalized spacial score (nSPS) is 20.8. The number of carbonyl (C=O) groups excluding carboxylic acids is 2. The number of amides is 1. The fraction of sp³-hybridized carbons (Fsp3) is 0.467. The van der Waals surface area contributed by atoms with Crippen molar-refractivity contribution in [2.45, 2.75) is 19.0 Å². The first-order chi connectivity index (χ1) is 10.0. The number of hydrogen-bond donors (Lipinski definition) is 1. The maximum Gasteiger partial charge on any atom is 0.237 e. The van der Waals surface area contributed by atoms with Gasteiger partial charge in [-0.25, -0.2) is 0 Å². The summed E-state index contributed by atoms with van der Waals surface area (Å²) in [5, 5.41) is 0. The molecule has 6 heteroatoms. The van der Waals surface area contributed by atoms with Gasteiger partial charge in [0.25, 0.3) is 0 Å². The summed E-state index contributed by atoms with van der Waals surface area (Å²) in [6.07, 6.45) is 0. The van der Waals surface area contributed by atoms with Gasteiger partial charge in [-0.15, -0.1) is 0 Å². The lowest BCUT2D eigenvalue weighted by molar-refractivity contribution is -0.130. The summed E-state index contributed by atoms with van der Waals surface area (Å²) in [6, 6.07) is 5.93. The van der Waals surface area contributed by atoms with Gasteiger partial charge in [0, 0.05) is 12.1 Å². The van der Waals surface area contributed by atoms with Gasteiger partial charge in [0.1, 0.15) is 11.8 Å². The Morgan fingerprint density at radius 3 is 2.62 bits per heavy atom. The molecule has 0 spiro atoms. The van der Waals surface area contributed by atoms with Crippen molar-refractivity contribution in [1.29, 1.82) is 0 Å². The van der Waals surface area contributed by atoms with Crippen LogP contribution in [0.3, 0.4) is 0 Å². The standard InChI is InChI=1S/C15H20N2O4/c1-10(17-7-8-21-9-13(17)15(16)19)14(18)11-3-5-12(20-2)6-4-11/h3-6,10,13H,7-9H2,1-2H3,(H2,16,19).